The first kappa shape index (κ1) is 20.6. The minimum atomic E-state index is -0.0974. The number of hydrogen-bond acceptors (Lipinski definition) is 4. The highest BCUT2D eigenvalue weighted by Crippen LogP contribution is 2.31. The molecule has 0 bridgehead atoms. The first-order chi connectivity index (χ1) is 11.2. The number of rotatable bonds is 8. The molecule has 5 nitrogen and oxygen atoms in total. The van der Waals surface area contributed by atoms with Gasteiger partial charge in [-0.1, -0.05) is 20.3 Å². The molecule has 0 saturated carbocycles. The van der Waals surface area contributed by atoms with Gasteiger partial charge in [0.05, 0.1) is 19.3 Å². The van der Waals surface area contributed by atoms with Gasteiger partial charge in [-0.2, -0.15) is 0 Å². The van der Waals surface area contributed by atoms with E-state index < -0.39 is 0 Å². The van der Waals surface area contributed by atoms with Crippen molar-refractivity contribution in [2.24, 2.45) is 0 Å². The van der Waals surface area contributed by atoms with Crippen LogP contribution in [0.3, 0.4) is 0 Å². The van der Waals surface area contributed by atoms with Gasteiger partial charge in [-0.15, -0.1) is 12.4 Å². The van der Waals surface area contributed by atoms with Crippen molar-refractivity contribution in [1.29, 1.82) is 0 Å². The molecular weight excluding hydrogens is 328 g/mol. The molecule has 1 heterocycles. The van der Waals surface area contributed by atoms with Gasteiger partial charge in [0.15, 0.2) is 11.5 Å². The van der Waals surface area contributed by atoms with Crippen molar-refractivity contribution < 1.29 is 14.3 Å². The summed E-state index contributed by atoms with van der Waals surface area (Å²) in [7, 11) is 0. The van der Waals surface area contributed by atoms with E-state index in [0.717, 1.165) is 50.1 Å². The molecule has 1 atom stereocenters. The molecule has 1 saturated heterocycles. The summed E-state index contributed by atoms with van der Waals surface area (Å²) in [4.78, 5) is 12.3. The Labute approximate surface area is 150 Å². The number of halogens is 1. The first-order valence-electron chi connectivity index (χ1n) is 8.68. The lowest BCUT2D eigenvalue weighted by atomic mass is 10.0. The monoisotopic (exact) mass is 356 g/mol. The lowest BCUT2D eigenvalue weighted by Gasteiger charge is -2.22. The third-order valence-corrected chi connectivity index (χ3v) is 3.76. The molecule has 2 rings (SSSR count). The van der Waals surface area contributed by atoms with Crippen LogP contribution in [0.5, 0.6) is 11.5 Å². The number of carbonyl (C=O) groups is 1. The third-order valence-electron chi connectivity index (χ3n) is 3.76. The fourth-order valence-corrected chi connectivity index (χ4v) is 2.55. The maximum atomic E-state index is 12.3. The van der Waals surface area contributed by atoms with Crippen LogP contribution in [-0.4, -0.2) is 31.7 Å². The molecule has 6 heteroatoms. The molecule has 24 heavy (non-hydrogen) atoms. The van der Waals surface area contributed by atoms with Crippen LogP contribution >= 0.6 is 12.4 Å². The molecule has 2 N–H and O–H groups in total. The van der Waals surface area contributed by atoms with E-state index in [1.807, 2.05) is 18.2 Å². The summed E-state index contributed by atoms with van der Waals surface area (Å²) < 4.78 is 11.5. The largest absolute Gasteiger partial charge is 0.490 e. The average molecular weight is 357 g/mol. The molecule has 0 aromatic heterocycles. The fourth-order valence-electron chi connectivity index (χ4n) is 2.55. The van der Waals surface area contributed by atoms with Gasteiger partial charge < -0.3 is 20.1 Å². The predicted molar refractivity (Wildman–Crippen MR) is 99.5 cm³/mol. The highest BCUT2D eigenvalue weighted by Gasteiger charge is 2.20. The Bertz CT molecular complexity index is 505. The lowest BCUT2D eigenvalue weighted by Crippen LogP contribution is -2.43. The van der Waals surface area contributed by atoms with Crippen molar-refractivity contribution in [2.75, 3.05) is 25.1 Å². The summed E-state index contributed by atoms with van der Waals surface area (Å²) in [6.07, 6.45) is 5.00. The zero-order valence-electron chi connectivity index (χ0n) is 14.6. The number of benzene rings is 1. The van der Waals surface area contributed by atoms with E-state index in [1.165, 1.54) is 0 Å². The molecule has 1 aromatic rings. The second-order valence-corrected chi connectivity index (χ2v) is 5.85. The summed E-state index contributed by atoms with van der Waals surface area (Å²) >= 11 is 0. The van der Waals surface area contributed by atoms with Crippen LogP contribution in [0.15, 0.2) is 18.2 Å². The number of amides is 1. The van der Waals surface area contributed by atoms with Gasteiger partial charge in [0.2, 0.25) is 5.91 Å². The quantitative estimate of drug-likeness (QED) is 0.744. The van der Waals surface area contributed by atoms with Gasteiger partial charge in [-0.3, -0.25) is 4.79 Å². The van der Waals surface area contributed by atoms with E-state index in [-0.39, 0.29) is 24.4 Å². The van der Waals surface area contributed by atoms with Crippen molar-refractivity contribution >= 4 is 24.0 Å². The van der Waals surface area contributed by atoms with E-state index in [2.05, 4.69) is 24.5 Å². The van der Waals surface area contributed by atoms with E-state index >= 15 is 0 Å². The molecule has 1 fully saturated rings. The Hall–Kier alpha value is -1.46. The van der Waals surface area contributed by atoms with Gasteiger partial charge in [0.25, 0.3) is 0 Å². The summed E-state index contributed by atoms with van der Waals surface area (Å²) in [5, 5.41) is 6.23. The van der Waals surface area contributed by atoms with Gasteiger partial charge in [-0.05, 0) is 44.4 Å². The SMILES string of the molecule is CCCOc1ccc(NC(=O)C2CCCCN2)cc1OCCC.Cl. The molecule has 1 aliphatic heterocycles. The first-order valence-corrected chi connectivity index (χ1v) is 8.68. The van der Waals surface area contributed by atoms with Crippen molar-refractivity contribution in [1.82, 2.24) is 5.32 Å². The Morgan fingerprint density at radius 2 is 1.88 bits per heavy atom. The van der Waals surface area contributed by atoms with E-state index in [9.17, 15) is 4.79 Å². The number of anilines is 1. The summed E-state index contributed by atoms with van der Waals surface area (Å²) in [5.41, 5.74) is 0.748. The molecule has 1 unspecified atom stereocenters. The predicted octanol–water partition coefficient (Wildman–Crippen LogP) is 3.77. The van der Waals surface area contributed by atoms with Crippen LogP contribution < -0.4 is 20.1 Å². The topological polar surface area (TPSA) is 59.6 Å². The molecule has 1 amide bonds. The van der Waals surface area contributed by atoms with Crippen molar-refractivity contribution in [3.05, 3.63) is 18.2 Å². The Balaban J connectivity index is 0.00000288. The van der Waals surface area contributed by atoms with Crippen molar-refractivity contribution in [2.45, 2.75) is 52.0 Å². The maximum Gasteiger partial charge on any atom is 0.241 e. The van der Waals surface area contributed by atoms with Crippen LogP contribution in [-0.2, 0) is 4.79 Å². The standard InChI is InChI=1S/C18H28N2O3.ClH/c1-3-11-22-16-9-8-14(13-17(16)23-12-4-2)20-18(21)15-7-5-6-10-19-15;/h8-9,13,15,19H,3-7,10-12H2,1-2H3,(H,20,21);1H. The van der Waals surface area contributed by atoms with Crippen molar-refractivity contribution in [3.63, 3.8) is 0 Å². The molecule has 0 aliphatic carbocycles. The molecule has 0 spiro atoms. The molecule has 1 aromatic carbocycles. The fraction of sp³-hybridized carbons (Fsp3) is 0.611. The minimum Gasteiger partial charge on any atom is -0.490 e. The van der Waals surface area contributed by atoms with Gasteiger partial charge >= 0.3 is 0 Å². The maximum absolute atomic E-state index is 12.3. The van der Waals surface area contributed by atoms with Crippen LogP contribution in [0.4, 0.5) is 5.69 Å². The summed E-state index contributed by atoms with van der Waals surface area (Å²) in [5.74, 6) is 1.44. The second-order valence-electron chi connectivity index (χ2n) is 5.85. The second kappa shape index (κ2) is 11.2. The highest BCUT2D eigenvalue weighted by molar-refractivity contribution is 5.95. The summed E-state index contributed by atoms with van der Waals surface area (Å²) in [6, 6.07) is 5.48. The number of carbonyl (C=O) groups excluding carboxylic acids is 1. The minimum absolute atomic E-state index is 0. The number of hydrogen-bond donors (Lipinski definition) is 2. The number of piperidine rings is 1. The number of ether oxygens (including phenoxy) is 2. The van der Waals surface area contributed by atoms with Gasteiger partial charge in [-0.25, -0.2) is 0 Å². The Morgan fingerprint density at radius 1 is 1.17 bits per heavy atom. The smallest absolute Gasteiger partial charge is 0.241 e. The molecule has 1 aliphatic rings. The lowest BCUT2D eigenvalue weighted by molar-refractivity contribution is -0.118. The van der Waals surface area contributed by atoms with E-state index in [4.69, 9.17) is 9.47 Å². The van der Waals surface area contributed by atoms with Gasteiger partial charge in [0, 0.05) is 11.8 Å². The van der Waals surface area contributed by atoms with Crippen LogP contribution in [0.25, 0.3) is 0 Å². The van der Waals surface area contributed by atoms with E-state index in [0.29, 0.717) is 19.0 Å². The zero-order valence-corrected chi connectivity index (χ0v) is 15.4. The highest BCUT2D eigenvalue weighted by atomic mass is 35.5. The Kier molecular flexibility index (Phi) is 9.57. The van der Waals surface area contributed by atoms with Crippen LogP contribution in [0.2, 0.25) is 0 Å². The van der Waals surface area contributed by atoms with Gasteiger partial charge in [0.1, 0.15) is 0 Å². The number of nitrogens with one attached hydrogen (secondary N) is 2. The van der Waals surface area contributed by atoms with Crippen LogP contribution in [0, 0.1) is 0 Å². The molecular formula is C18H29ClN2O3. The third kappa shape index (κ3) is 6.21. The Morgan fingerprint density at radius 3 is 2.50 bits per heavy atom. The molecule has 0 radical (unpaired) electrons. The normalized spacial score (nSPS) is 16.8. The van der Waals surface area contributed by atoms with Crippen molar-refractivity contribution in [3.8, 4) is 11.5 Å². The molecule has 136 valence electrons. The summed E-state index contributed by atoms with van der Waals surface area (Å²) in [6.45, 7) is 6.32. The van der Waals surface area contributed by atoms with Crippen LogP contribution in [0.1, 0.15) is 46.0 Å². The zero-order chi connectivity index (χ0) is 16.5. The average Bonchev–Trinajstić information content (AvgIpc) is 2.59. The van der Waals surface area contributed by atoms with E-state index in [1.54, 1.807) is 0 Å².